The van der Waals surface area contributed by atoms with Gasteiger partial charge in [-0.25, -0.2) is 8.42 Å². The van der Waals surface area contributed by atoms with Crippen LogP contribution >= 0.6 is 0 Å². The van der Waals surface area contributed by atoms with Gasteiger partial charge in [0, 0.05) is 13.1 Å². The lowest BCUT2D eigenvalue weighted by Crippen LogP contribution is -2.35. The predicted molar refractivity (Wildman–Crippen MR) is 81.8 cm³/mol. The van der Waals surface area contributed by atoms with E-state index in [0.717, 1.165) is 24.3 Å². The standard InChI is InChI=1S/C14H22N2O3S/c1-12(2)19-10-11-20(17,18)16-9-5-8-15-13-6-3-4-7-14(13)16/h3-4,6-7,12,15H,5,8-11H2,1-2H3. The van der Waals surface area contributed by atoms with Gasteiger partial charge in [0.05, 0.1) is 29.8 Å². The first-order chi connectivity index (χ1) is 9.50. The van der Waals surface area contributed by atoms with E-state index in [1.807, 2.05) is 38.1 Å². The van der Waals surface area contributed by atoms with Gasteiger partial charge >= 0.3 is 0 Å². The van der Waals surface area contributed by atoms with Gasteiger partial charge in [-0.05, 0) is 32.4 Å². The molecule has 112 valence electrons. The molecule has 0 fully saturated rings. The number of rotatable bonds is 5. The molecule has 6 heteroatoms. The Balaban J connectivity index is 2.18. The van der Waals surface area contributed by atoms with Crippen LogP contribution in [0.25, 0.3) is 0 Å². The number of fused-ring (bicyclic) bond motifs is 1. The maximum absolute atomic E-state index is 12.5. The molecule has 0 spiro atoms. The first kappa shape index (κ1) is 15.1. The summed E-state index contributed by atoms with van der Waals surface area (Å²) in [4.78, 5) is 0. The van der Waals surface area contributed by atoms with Gasteiger partial charge in [-0.3, -0.25) is 4.31 Å². The molecule has 0 unspecified atom stereocenters. The van der Waals surface area contributed by atoms with Gasteiger partial charge in [-0.2, -0.15) is 0 Å². The van der Waals surface area contributed by atoms with Crippen LogP contribution in [0.4, 0.5) is 11.4 Å². The lowest BCUT2D eigenvalue weighted by atomic mass is 10.2. The predicted octanol–water partition coefficient (Wildman–Crippen LogP) is 2.06. The third-order valence-corrected chi connectivity index (χ3v) is 4.89. The second-order valence-corrected chi connectivity index (χ2v) is 7.12. The fraction of sp³-hybridized carbons (Fsp3) is 0.571. The van der Waals surface area contributed by atoms with E-state index in [-0.39, 0.29) is 18.5 Å². The summed E-state index contributed by atoms with van der Waals surface area (Å²) < 4.78 is 31.9. The Hall–Kier alpha value is -1.27. The van der Waals surface area contributed by atoms with Crippen LogP contribution in [0.15, 0.2) is 24.3 Å². The Kier molecular flexibility index (Phi) is 4.88. The average molecular weight is 298 g/mol. The van der Waals surface area contributed by atoms with Crippen LogP contribution < -0.4 is 9.62 Å². The van der Waals surface area contributed by atoms with Crippen molar-refractivity contribution in [1.29, 1.82) is 0 Å². The van der Waals surface area contributed by atoms with Gasteiger partial charge in [0.1, 0.15) is 0 Å². The minimum Gasteiger partial charge on any atom is -0.383 e. The van der Waals surface area contributed by atoms with E-state index in [4.69, 9.17) is 4.74 Å². The van der Waals surface area contributed by atoms with E-state index in [9.17, 15) is 8.42 Å². The van der Waals surface area contributed by atoms with Gasteiger partial charge < -0.3 is 10.1 Å². The fourth-order valence-electron chi connectivity index (χ4n) is 2.20. The molecule has 5 nitrogen and oxygen atoms in total. The van der Waals surface area contributed by atoms with Crippen molar-refractivity contribution >= 4 is 21.4 Å². The third-order valence-electron chi connectivity index (χ3n) is 3.15. The number of hydrogen-bond acceptors (Lipinski definition) is 4. The van der Waals surface area contributed by atoms with Crippen LogP contribution in [0.3, 0.4) is 0 Å². The number of nitrogens with zero attached hydrogens (tertiary/aromatic N) is 1. The van der Waals surface area contributed by atoms with Crippen LogP contribution in [0.5, 0.6) is 0 Å². The van der Waals surface area contributed by atoms with Crippen LogP contribution in [0, 0.1) is 0 Å². The zero-order valence-corrected chi connectivity index (χ0v) is 12.8. The summed E-state index contributed by atoms with van der Waals surface area (Å²) in [7, 11) is -3.35. The van der Waals surface area contributed by atoms with Gasteiger partial charge in [0.15, 0.2) is 0 Å². The van der Waals surface area contributed by atoms with Crippen LogP contribution in [0.2, 0.25) is 0 Å². The molecule has 0 atom stereocenters. The topological polar surface area (TPSA) is 58.6 Å². The molecule has 0 aromatic heterocycles. The molecule has 0 radical (unpaired) electrons. The first-order valence-electron chi connectivity index (χ1n) is 6.95. The second-order valence-electron chi connectivity index (χ2n) is 5.11. The zero-order chi connectivity index (χ0) is 14.6. The van der Waals surface area contributed by atoms with Gasteiger partial charge in [0.2, 0.25) is 10.0 Å². The van der Waals surface area contributed by atoms with E-state index in [0.29, 0.717) is 6.54 Å². The van der Waals surface area contributed by atoms with Gasteiger partial charge in [0.25, 0.3) is 0 Å². The molecule has 1 aliphatic heterocycles. The summed E-state index contributed by atoms with van der Waals surface area (Å²) in [6.45, 7) is 5.32. The number of para-hydroxylation sites is 2. The summed E-state index contributed by atoms with van der Waals surface area (Å²) in [5, 5.41) is 3.26. The number of benzene rings is 1. The molecular formula is C14H22N2O3S. The van der Waals surface area contributed by atoms with E-state index < -0.39 is 10.0 Å². The van der Waals surface area contributed by atoms with Crippen molar-refractivity contribution in [2.75, 3.05) is 35.1 Å². The molecule has 1 aromatic rings. The summed E-state index contributed by atoms with van der Waals surface area (Å²) >= 11 is 0. The van der Waals surface area contributed by atoms with Crippen LogP contribution in [0.1, 0.15) is 20.3 Å². The number of ether oxygens (including phenoxy) is 1. The Morgan fingerprint density at radius 1 is 1.35 bits per heavy atom. The minimum absolute atomic E-state index is 0.0134. The quantitative estimate of drug-likeness (QED) is 0.904. The molecule has 20 heavy (non-hydrogen) atoms. The van der Waals surface area contributed by atoms with Crippen LogP contribution in [-0.2, 0) is 14.8 Å². The molecule has 0 saturated carbocycles. The number of hydrogen-bond donors (Lipinski definition) is 1. The molecule has 0 aliphatic carbocycles. The lowest BCUT2D eigenvalue weighted by Gasteiger charge is -2.24. The Labute approximate surface area is 121 Å². The molecule has 0 bridgehead atoms. The molecule has 0 amide bonds. The first-order valence-corrected chi connectivity index (χ1v) is 8.56. The maximum Gasteiger partial charge on any atom is 0.237 e. The van der Waals surface area contributed by atoms with Crippen molar-refractivity contribution < 1.29 is 13.2 Å². The highest BCUT2D eigenvalue weighted by atomic mass is 32.2. The van der Waals surface area contributed by atoms with Gasteiger partial charge in [-0.1, -0.05) is 12.1 Å². The van der Waals surface area contributed by atoms with Crippen molar-refractivity contribution in [3.8, 4) is 0 Å². The fourth-order valence-corrected chi connectivity index (χ4v) is 3.59. The van der Waals surface area contributed by atoms with Crippen molar-refractivity contribution in [2.45, 2.75) is 26.4 Å². The second kappa shape index (κ2) is 6.45. The van der Waals surface area contributed by atoms with Crippen molar-refractivity contribution in [1.82, 2.24) is 0 Å². The highest BCUT2D eigenvalue weighted by molar-refractivity contribution is 7.92. The summed E-state index contributed by atoms with van der Waals surface area (Å²) in [6.07, 6.45) is 0.835. The smallest absolute Gasteiger partial charge is 0.237 e. The largest absolute Gasteiger partial charge is 0.383 e. The Bertz CT molecular complexity index is 543. The average Bonchev–Trinajstić information content (AvgIpc) is 2.60. The normalized spacial score (nSPS) is 15.7. The lowest BCUT2D eigenvalue weighted by molar-refractivity contribution is 0.0912. The molecule has 1 N–H and O–H groups in total. The zero-order valence-electron chi connectivity index (χ0n) is 12.0. The number of anilines is 2. The van der Waals surface area contributed by atoms with E-state index in [1.54, 1.807) is 0 Å². The number of nitrogens with one attached hydrogen (secondary N) is 1. The van der Waals surface area contributed by atoms with Crippen LogP contribution in [-0.4, -0.2) is 40.0 Å². The molecular weight excluding hydrogens is 276 g/mol. The monoisotopic (exact) mass is 298 g/mol. The summed E-state index contributed by atoms with van der Waals surface area (Å²) in [6, 6.07) is 7.52. The van der Waals surface area contributed by atoms with E-state index in [2.05, 4.69) is 5.32 Å². The van der Waals surface area contributed by atoms with Crippen molar-refractivity contribution in [2.24, 2.45) is 0 Å². The number of sulfonamides is 1. The molecule has 1 aromatic carbocycles. The highest BCUT2D eigenvalue weighted by Gasteiger charge is 2.25. The molecule has 2 rings (SSSR count). The van der Waals surface area contributed by atoms with Crippen molar-refractivity contribution in [3.63, 3.8) is 0 Å². The molecule has 1 aliphatic rings. The van der Waals surface area contributed by atoms with E-state index in [1.165, 1.54) is 4.31 Å². The Morgan fingerprint density at radius 3 is 2.85 bits per heavy atom. The maximum atomic E-state index is 12.5. The minimum atomic E-state index is -3.35. The summed E-state index contributed by atoms with van der Waals surface area (Å²) in [5.74, 6) is 0.0134. The third kappa shape index (κ3) is 3.64. The van der Waals surface area contributed by atoms with E-state index >= 15 is 0 Å². The van der Waals surface area contributed by atoms with Gasteiger partial charge in [-0.15, -0.1) is 0 Å². The highest BCUT2D eigenvalue weighted by Crippen LogP contribution is 2.30. The Morgan fingerprint density at radius 2 is 2.10 bits per heavy atom. The van der Waals surface area contributed by atoms with Crippen molar-refractivity contribution in [3.05, 3.63) is 24.3 Å². The molecule has 1 heterocycles. The molecule has 0 saturated heterocycles. The SMILES string of the molecule is CC(C)OCCS(=O)(=O)N1CCCNc2ccccc21. The summed E-state index contributed by atoms with van der Waals surface area (Å²) in [5.41, 5.74) is 1.60.